The number of nitrogens with one attached hydrogen (secondary N) is 1. The summed E-state index contributed by atoms with van der Waals surface area (Å²) in [5, 5.41) is 2.77. The standard InChI is InChI=1S/C13H24N2O4/c1-9(2)6-15-7-10(12(16)18-3)5-11(8-15)14-13(17)19-4/h9-11H,5-8H2,1-4H3,(H,14,17). The molecule has 1 aliphatic heterocycles. The maximum Gasteiger partial charge on any atom is 0.407 e. The van der Waals surface area contributed by atoms with Crippen molar-refractivity contribution in [1.29, 1.82) is 0 Å². The van der Waals surface area contributed by atoms with E-state index in [1.165, 1.54) is 14.2 Å². The lowest BCUT2D eigenvalue weighted by Gasteiger charge is -2.37. The molecule has 2 atom stereocenters. The number of nitrogens with zero attached hydrogens (tertiary/aromatic N) is 1. The topological polar surface area (TPSA) is 67.9 Å². The van der Waals surface area contributed by atoms with Gasteiger partial charge in [0.15, 0.2) is 0 Å². The van der Waals surface area contributed by atoms with Crippen molar-refractivity contribution < 1.29 is 19.1 Å². The molecule has 1 amide bonds. The van der Waals surface area contributed by atoms with Crippen molar-refractivity contribution >= 4 is 12.1 Å². The molecule has 0 aliphatic carbocycles. The number of esters is 1. The fraction of sp³-hybridized carbons (Fsp3) is 0.846. The Morgan fingerprint density at radius 2 is 1.95 bits per heavy atom. The summed E-state index contributed by atoms with van der Waals surface area (Å²) >= 11 is 0. The molecule has 1 heterocycles. The van der Waals surface area contributed by atoms with Crippen LogP contribution in [0.5, 0.6) is 0 Å². The van der Waals surface area contributed by atoms with Crippen LogP contribution in [0.1, 0.15) is 20.3 Å². The number of carbonyl (C=O) groups is 2. The Balaban J connectivity index is 2.65. The zero-order valence-corrected chi connectivity index (χ0v) is 12.1. The zero-order chi connectivity index (χ0) is 14.4. The Hall–Kier alpha value is -1.30. The lowest BCUT2D eigenvalue weighted by Crippen LogP contribution is -2.53. The van der Waals surface area contributed by atoms with E-state index >= 15 is 0 Å². The van der Waals surface area contributed by atoms with Gasteiger partial charge >= 0.3 is 12.1 Å². The lowest BCUT2D eigenvalue weighted by atomic mass is 9.93. The molecular weight excluding hydrogens is 248 g/mol. The molecule has 0 radical (unpaired) electrons. The van der Waals surface area contributed by atoms with Gasteiger partial charge in [-0.3, -0.25) is 4.79 Å². The summed E-state index contributed by atoms with van der Waals surface area (Å²) in [6.45, 7) is 6.58. The van der Waals surface area contributed by atoms with Crippen LogP contribution in [-0.2, 0) is 14.3 Å². The molecule has 1 saturated heterocycles. The molecule has 2 unspecified atom stereocenters. The second kappa shape index (κ2) is 7.33. The van der Waals surface area contributed by atoms with Crippen LogP contribution in [-0.4, -0.2) is 56.9 Å². The lowest BCUT2D eigenvalue weighted by molar-refractivity contribution is -0.147. The summed E-state index contributed by atoms with van der Waals surface area (Å²) in [7, 11) is 2.73. The quantitative estimate of drug-likeness (QED) is 0.769. The zero-order valence-electron chi connectivity index (χ0n) is 12.1. The van der Waals surface area contributed by atoms with Crippen LogP contribution < -0.4 is 5.32 Å². The first-order valence-electron chi connectivity index (χ1n) is 6.60. The highest BCUT2D eigenvalue weighted by Gasteiger charge is 2.33. The van der Waals surface area contributed by atoms with E-state index in [1.807, 2.05) is 0 Å². The SMILES string of the molecule is COC(=O)NC1CC(C(=O)OC)CN(CC(C)C)C1. The van der Waals surface area contributed by atoms with Gasteiger partial charge in [0.1, 0.15) is 0 Å². The summed E-state index contributed by atoms with van der Waals surface area (Å²) in [5.74, 6) is 0.0972. The largest absolute Gasteiger partial charge is 0.469 e. The Labute approximate surface area is 114 Å². The van der Waals surface area contributed by atoms with E-state index in [9.17, 15) is 9.59 Å². The first kappa shape index (κ1) is 15.8. The molecule has 1 aliphatic rings. The molecule has 1 rings (SSSR count). The minimum absolute atomic E-state index is 0.0796. The third kappa shape index (κ3) is 5.06. The maximum atomic E-state index is 11.7. The monoisotopic (exact) mass is 272 g/mol. The Kier molecular flexibility index (Phi) is 6.08. The number of ether oxygens (including phenoxy) is 2. The average molecular weight is 272 g/mol. The molecule has 0 aromatic carbocycles. The number of methoxy groups -OCH3 is 2. The van der Waals surface area contributed by atoms with Gasteiger partial charge in [-0.25, -0.2) is 4.79 Å². The molecule has 1 N–H and O–H groups in total. The number of piperidine rings is 1. The van der Waals surface area contributed by atoms with Gasteiger partial charge in [-0.15, -0.1) is 0 Å². The smallest absolute Gasteiger partial charge is 0.407 e. The molecule has 0 saturated carbocycles. The highest BCUT2D eigenvalue weighted by molar-refractivity contribution is 5.73. The molecule has 0 spiro atoms. The first-order valence-corrected chi connectivity index (χ1v) is 6.60. The van der Waals surface area contributed by atoms with Gasteiger partial charge in [0.2, 0.25) is 0 Å². The second-order valence-electron chi connectivity index (χ2n) is 5.40. The van der Waals surface area contributed by atoms with E-state index in [0.29, 0.717) is 18.9 Å². The van der Waals surface area contributed by atoms with E-state index < -0.39 is 6.09 Å². The molecular formula is C13H24N2O4. The van der Waals surface area contributed by atoms with Gasteiger partial charge in [0.05, 0.1) is 20.1 Å². The normalized spacial score (nSPS) is 24.1. The van der Waals surface area contributed by atoms with E-state index in [2.05, 4.69) is 28.8 Å². The summed E-state index contributed by atoms with van der Waals surface area (Å²) < 4.78 is 9.42. The van der Waals surface area contributed by atoms with Gasteiger partial charge < -0.3 is 19.7 Å². The van der Waals surface area contributed by atoms with Crippen molar-refractivity contribution in [2.45, 2.75) is 26.3 Å². The molecule has 6 heteroatoms. The number of carbonyl (C=O) groups excluding carboxylic acids is 2. The van der Waals surface area contributed by atoms with E-state index in [4.69, 9.17) is 4.74 Å². The van der Waals surface area contributed by atoms with Gasteiger partial charge in [-0.05, 0) is 12.3 Å². The summed E-state index contributed by atoms with van der Waals surface area (Å²) in [6.07, 6.45) is 0.135. The van der Waals surface area contributed by atoms with Gasteiger partial charge in [-0.1, -0.05) is 13.8 Å². The Morgan fingerprint density at radius 1 is 1.26 bits per heavy atom. The van der Waals surface area contributed by atoms with Crippen LogP contribution in [0.4, 0.5) is 4.79 Å². The van der Waals surface area contributed by atoms with Crippen molar-refractivity contribution in [1.82, 2.24) is 10.2 Å². The average Bonchev–Trinajstić information content (AvgIpc) is 2.36. The molecule has 0 aromatic heterocycles. The first-order chi connectivity index (χ1) is 8.96. The number of alkyl carbamates (subject to hydrolysis) is 1. The van der Waals surface area contributed by atoms with Crippen LogP contribution in [0.25, 0.3) is 0 Å². The predicted octanol–water partition coefficient (Wildman–Crippen LogP) is 0.862. The molecule has 6 nitrogen and oxygen atoms in total. The van der Waals surface area contributed by atoms with Crippen LogP contribution in [0, 0.1) is 11.8 Å². The van der Waals surface area contributed by atoms with Crippen LogP contribution in [0.15, 0.2) is 0 Å². The van der Waals surface area contributed by atoms with Crippen molar-refractivity contribution in [3.63, 3.8) is 0 Å². The fourth-order valence-electron chi connectivity index (χ4n) is 2.52. The fourth-order valence-corrected chi connectivity index (χ4v) is 2.52. The maximum absolute atomic E-state index is 11.7. The van der Waals surface area contributed by atoms with E-state index in [1.54, 1.807) is 0 Å². The van der Waals surface area contributed by atoms with Gasteiger partial charge in [-0.2, -0.15) is 0 Å². The van der Waals surface area contributed by atoms with Crippen molar-refractivity contribution in [2.75, 3.05) is 33.9 Å². The molecule has 0 aromatic rings. The Morgan fingerprint density at radius 3 is 2.47 bits per heavy atom. The second-order valence-corrected chi connectivity index (χ2v) is 5.40. The predicted molar refractivity (Wildman–Crippen MR) is 70.7 cm³/mol. The van der Waals surface area contributed by atoms with E-state index in [0.717, 1.165) is 13.1 Å². The number of rotatable bonds is 4. The van der Waals surface area contributed by atoms with Crippen molar-refractivity contribution in [3.8, 4) is 0 Å². The molecule has 110 valence electrons. The third-order valence-corrected chi connectivity index (χ3v) is 3.19. The number of hydrogen-bond donors (Lipinski definition) is 1. The van der Waals surface area contributed by atoms with Crippen LogP contribution >= 0.6 is 0 Å². The van der Waals surface area contributed by atoms with Crippen molar-refractivity contribution in [3.05, 3.63) is 0 Å². The summed E-state index contributed by atoms with van der Waals surface area (Å²) in [6, 6.07) is -0.0796. The summed E-state index contributed by atoms with van der Waals surface area (Å²) in [4.78, 5) is 25.2. The molecule has 0 bridgehead atoms. The van der Waals surface area contributed by atoms with E-state index in [-0.39, 0.29) is 17.9 Å². The number of likely N-dealkylation sites (tertiary alicyclic amines) is 1. The Bertz CT molecular complexity index is 320. The molecule has 19 heavy (non-hydrogen) atoms. The third-order valence-electron chi connectivity index (χ3n) is 3.19. The highest BCUT2D eigenvalue weighted by atomic mass is 16.5. The van der Waals surface area contributed by atoms with Crippen molar-refractivity contribution in [2.24, 2.45) is 11.8 Å². The van der Waals surface area contributed by atoms with Gasteiger partial charge in [0, 0.05) is 25.7 Å². The highest BCUT2D eigenvalue weighted by Crippen LogP contribution is 2.19. The number of amides is 1. The van der Waals surface area contributed by atoms with Gasteiger partial charge in [0.25, 0.3) is 0 Å². The molecule has 1 fully saturated rings. The minimum atomic E-state index is -0.458. The minimum Gasteiger partial charge on any atom is -0.469 e. The summed E-state index contributed by atoms with van der Waals surface area (Å²) in [5.41, 5.74) is 0. The van der Waals surface area contributed by atoms with Crippen LogP contribution in [0.3, 0.4) is 0 Å². The number of hydrogen-bond acceptors (Lipinski definition) is 5. The van der Waals surface area contributed by atoms with Crippen LogP contribution in [0.2, 0.25) is 0 Å².